The van der Waals surface area contributed by atoms with Crippen LogP contribution in [0.15, 0.2) is 54.6 Å². The van der Waals surface area contributed by atoms with Gasteiger partial charge in [-0.3, -0.25) is 0 Å². The van der Waals surface area contributed by atoms with Crippen LogP contribution in [-0.2, 0) is 11.4 Å². The first-order chi connectivity index (χ1) is 9.65. The first kappa shape index (κ1) is 14.2. The molecule has 0 aromatic heterocycles. The summed E-state index contributed by atoms with van der Waals surface area (Å²) in [7, 11) is 0. The summed E-state index contributed by atoms with van der Waals surface area (Å²) >= 11 is 5.82. The molecule has 2 aromatic rings. The second-order valence-corrected chi connectivity index (χ2v) is 4.56. The molecule has 20 heavy (non-hydrogen) atoms. The molecule has 0 saturated carbocycles. The van der Waals surface area contributed by atoms with E-state index in [1.54, 1.807) is 24.3 Å². The quantitative estimate of drug-likeness (QED) is 0.845. The highest BCUT2D eigenvalue weighted by atomic mass is 35.5. The van der Waals surface area contributed by atoms with Crippen molar-refractivity contribution in [1.29, 1.82) is 0 Å². The van der Waals surface area contributed by atoms with Crippen molar-refractivity contribution < 1.29 is 14.6 Å². The molecule has 2 rings (SSSR count). The number of aliphatic carboxylic acids is 1. The van der Waals surface area contributed by atoms with Crippen molar-refractivity contribution in [2.75, 3.05) is 0 Å². The maximum absolute atomic E-state index is 10.6. The number of hydrogen-bond acceptors (Lipinski definition) is 2. The number of ether oxygens (including phenoxy) is 1. The molecule has 3 nitrogen and oxygen atoms in total. The molecule has 0 fully saturated rings. The lowest BCUT2D eigenvalue weighted by Gasteiger charge is -2.09. The van der Waals surface area contributed by atoms with Gasteiger partial charge in [0.15, 0.2) is 0 Å². The van der Waals surface area contributed by atoms with E-state index in [4.69, 9.17) is 21.4 Å². The van der Waals surface area contributed by atoms with Crippen LogP contribution in [-0.4, -0.2) is 11.1 Å². The zero-order valence-electron chi connectivity index (χ0n) is 10.6. The van der Waals surface area contributed by atoms with Crippen molar-refractivity contribution in [3.05, 3.63) is 70.8 Å². The van der Waals surface area contributed by atoms with Crippen LogP contribution in [0.5, 0.6) is 5.75 Å². The highest BCUT2D eigenvalue weighted by molar-refractivity contribution is 6.30. The standard InChI is InChI=1S/C16H13ClO3/c17-14-8-5-12(6-9-14)11-20-15-4-2-1-3-13(15)7-10-16(18)19/h1-10H,11H2,(H,18,19). The number of para-hydroxylation sites is 1. The predicted octanol–water partition coefficient (Wildman–Crippen LogP) is 4.02. The van der Waals surface area contributed by atoms with Crippen LogP contribution >= 0.6 is 11.6 Å². The smallest absolute Gasteiger partial charge is 0.328 e. The number of rotatable bonds is 5. The second-order valence-electron chi connectivity index (χ2n) is 4.12. The zero-order valence-corrected chi connectivity index (χ0v) is 11.4. The molecule has 0 aliphatic heterocycles. The van der Waals surface area contributed by atoms with E-state index in [1.807, 2.05) is 24.3 Å². The van der Waals surface area contributed by atoms with E-state index in [1.165, 1.54) is 6.08 Å². The monoisotopic (exact) mass is 288 g/mol. The summed E-state index contributed by atoms with van der Waals surface area (Å²) < 4.78 is 5.71. The Morgan fingerprint density at radius 3 is 2.55 bits per heavy atom. The minimum Gasteiger partial charge on any atom is -0.488 e. The SMILES string of the molecule is O=C(O)C=Cc1ccccc1OCc1ccc(Cl)cc1. The molecule has 0 radical (unpaired) electrons. The Labute approximate surface area is 122 Å². The average molecular weight is 289 g/mol. The van der Waals surface area contributed by atoms with Crippen molar-refractivity contribution in [3.8, 4) is 5.75 Å². The van der Waals surface area contributed by atoms with Crippen molar-refractivity contribution in [2.24, 2.45) is 0 Å². The number of carboxylic acids is 1. The number of carbonyl (C=O) groups is 1. The van der Waals surface area contributed by atoms with Gasteiger partial charge >= 0.3 is 5.97 Å². The van der Waals surface area contributed by atoms with Gasteiger partial charge in [0.2, 0.25) is 0 Å². The number of halogens is 1. The van der Waals surface area contributed by atoms with Gasteiger partial charge < -0.3 is 9.84 Å². The third-order valence-corrected chi connectivity index (χ3v) is 2.88. The van der Waals surface area contributed by atoms with E-state index in [0.717, 1.165) is 17.2 Å². The van der Waals surface area contributed by atoms with E-state index >= 15 is 0 Å². The largest absolute Gasteiger partial charge is 0.488 e. The molecule has 0 amide bonds. The van der Waals surface area contributed by atoms with Gasteiger partial charge in [0, 0.05) is 16.7 Å². The molecule has 0 aliphatic carbocycles. The molecule has 0 saturated heterocycles. The Morgan fingerprint density at radius 2 is 1.85 bits per heavy atom. The van der Waals surface area contributed by atoms with Crippen LogP contribution in [0.2, 0.25) is 5.02 Å². The summed E-state index contributed by atoms with van der Waals surface area (Å²) in [6.45, 7) is 0.398. The summed E-state index contributed by atoms with van der Waals surface area (Å²) in [6, 6.07) is 14.7. The highest BCUT2D eigenvalue weighted by Gasteiger charge is 2.01. The van der Waals surface area contributed by atoms with Crippen molar-refractivity contribution in [2.45, 2.75) is 6.61 Å². The maximum atomic E-state index is 10.6. The van der Waals surface area contributed by atoms with E-state index in [2.05, 4.69) is 0 Å². The topological polar surface area (TPSA) is 46.5 Å². The summed E-state index contributed by atoms with van der Waals surface area (Å²) in [5.74, 6) is -0.350. The Bertz CT molecular complexity index is 618. The molecule has 4 heteroatoms. The van der Waals surface area contributed by atoms with E-state index in [9.17, 15) is 4.79 Å². The van der Waals surface area contributed by atoms with Crippen LogP contribution in [0.1, 0.15) is 11.1 Å². The number of hydrogen-bond donors (Lipinski definition) is 1. The Kier molecular flexibility index (Phi) is 4.80. The molecular formula is C16H13ClO3. The fraction of sp³-hybridized carbons (Fsp3) is 0.0625. The van der Waals surface area contributed by atoms with Crippen LogP contribution in [0.4, 0.5) is 0 Å². The fourth-order valence-corrected chi connectivity index (χ4v) is 1.78. The number of carboxylic acid groups (broad SMARTS) is 1. The van der Waals surface area contributed by atoms with Gasteiger partial charge in [-0.05, 0) is 29.8 Å². The second kappa shape index (κ2) is 6.78. The summed E-state index contributed by atoms with van der Waals surface area (Å²) in [5, 5.41) is 9.34. The van der Waals surface area contributed by atoms with Crippen molar-refractivity contribution in [1.82, 2.24) is 0 Å². The normalized spacial score (nSPS) is 10.7. The lowest BCUT2D eigenvalue weighted by molar-refractivity contribution is -0.131. The predicted molar refractivity (Wildman–Crippen MR) is 78.9 cm³/mol. The van der Waals surface area contributed by atoms with Crippen molar-refractivity contribution >= 4 is 23.6 Å². The Hall–Kier alpha value is -2.26. The minimum absolute atomic E-state index is 0.398. The molecule has 0 bridgehead atoms. The van der Waals surface area contributed by atoms with Gasteiger partial charge in [-0.25, -0.2) is 4.79 Å². The molecular weight excluding hydrogens is 276 g/mol. The average Bonchev–Trinajstić information content (AvgIpc) is 2.45. The third kappa shape index (κ3) is 4.14. The fourth-order valence-electron chi connectivity index (χ4n) is 1.65. The molecule has 1 N–H and O–H groups in total. The Morgan fingerprint density at radius 1 is 1.15 bits per heavy atom. The summed E-state index contributed by atoms with van der Waals surface area (Å²) in [5.41, 5.74) is 1.72. The number of benzene rings is 2. The first-order valence-corrected chi connectivity index (χ1v) is 6.40. The van der Waals surface area contributed by atoms with Crippen molar-refractivity contribution in [3.63, 3.8) is 0 Å². The molecule has 0 spiro atoms. The molecule has 0 heterocycles. The maximum Gasteiger partial charge on any atom is 0.328 e. The van der Waals surface area contributed by atoms with E-state index in [0.29, 0.717) is 17.4 Å². The third-order valence-electron chi connectivity index (χ3n) is 2.63. The van der Waals surface area contributed by atoms with Gasteiger partial charge in [0.1, 0.15) is 12.4 Å². The molecule has 0 unspecified atom stereocenters. The molecule has 2 aromatic carbocycles. The molecule has 102 valence electrons. The van der Waals surface area contributed by atoms with Gasteiger partial charge in [-0.2, -0.15) is 0 Å². The van der Waals surface area contributed by atoms with Crippen LogP contribution < -0.4 is 4.74 Å². The minimum atomic E-state index is -0.988. The first-order valence-electron chi connectivity index (χ1n) is 6.02. The lowest BCUT2D eigenvalue weighted by atomic mass is 10.2. The van der Waals surface area contributed by atoms with Gasteiger partial charge in [0.25, 0.3) is 0 Å². The van der Waals surface area contributed by atoms with E-state index in [-0.39, 0.29) is 0 Å². The summed E-state index contributed by atoms with van der Waals surface area (Å²) in [4.78, 5) is 10.6. The van der Waals surface area contributed by atoms with Crippen LogP contribution in [0.3, 0.4) is 0 Å². The lowest BCUT2D eigenvalue weighted by Crippen LogP contribution is -1.97. The van der Waals surface area contributed by atoms with Gasteiger partial charge in [-0.1, -0.05) is 41.9 Å². The zero-order chi connectivity index (χ0) is 14.4. The van der Waals surface area contributed by atoms with Gasteiger partial charge in [0.05, 0.1) is 0 Å². The molecule has 0 aliphatic rings. The Balaban J connectivity index is 2.09. The van der Waals surface area contributed by atoms with E-state index < -0.39 is 5.97 Å². The van der Waals surface area contributed by atoms with Crippen LogP contribution in [0, 0.1) is 0 Å². The highest BCUT2D eigenvalue weighted by Crippen LogP contribution is 2.21. The molecule has 0 atom stereocenters. The summed E-state index contributed by atoms with van der Waals surface area (Å²) in [6.07, 6.45) is 2.60. The van der Waals surface area contributed by atoms with Crippen LogP contribution in [0.25, 0.3) is 6.08 Å². The van der Waals surface area contributed by atoms with Gasteiger partial charge in [-0.15, -0.1) is 0 Å².